The molecule has 0 aromatic heterocycles. The first kappa shape index (κ1) is 94.4. The summed E-state index contributed by atoms with van der Waals surface area (Å²) in [6, 6.07) is 0. The highest BCUT2D eigenvalue weighted by molar-refractivity contribution is 7.47. The van der Waals surface area contributed by atoms with Gasteiger partial charge in [0.2, 0.25) is 0 Å². The number of carbonyl (C=O) groups excluding carboxylic acids is 3. The molecule has 4 N–H and O–H groups in total. The Balaban J connectivity index is 4.55. The largest absolute Gasteiger partial charge is 0.472 e. The number of carbonyl (C=O) groups is 3. The van der Waals surface area contributed by atoms with Gasteiger partial charge in [0.05, 0.1) is 26.4 Å². The number of hydrogen-bond donors (Lipinski definition) is 4. The number of ether oxygens (including phenoxy) is 3. The van der Waals surface area contributed by atoms with Crippen molar-refractivity contribution < 1.29 is 75.8 Å². The molecule has 5 atom stereocenters. The zero-order valence-electron chi connectivity index (χ0n) is 61.6. The Labute approximate surface area is 600 Å². The molecule has 5 unspecified atom stereocenters. The molecular weight excluding hydrogens is 1290 g/mol. The van der Waals surface area contributed by atoms with E-state index in [-0.39, 0.29) is 19.3 Å². The topological polar surface area (TPSA) is 231 Å². The average molecular weight is 1430 g/mol. The van der Waals surface area contributed by atoms with Gasteiger partial charge in [0.15, 0.2) is 6.10 Å². The third-order valence-corrected chi connectivity index (χ3v) is 17.4. The van der Waals surface area contributed by atoms with Crippen LogP contribution in [0.25, 0.3) is 0 Å². The predicted octanol–water partition coefficient (Wildman–Crippen LogP) is 22.1. The van der Waals surface area contributed by atoms with Gasteiger partial charge in [-0.15, -0.1) is 0 Å². The fourth-order valence-electron chi connectivity index (χ4n) is 9.78. The number of allylic oxidation sites excluding steroid dienone is 24. The van der Waals surface area contributed by atoms with E-state index in [0.717, 1.165) is 186 Å². The molecule has 16 nitrogen and oxygen atoms in total. The number of unbranched alkanes of at least 4 members (excludes halogenated alkanes) is 24. The van der Waals surface area contributed by atoms with Crippen LogP contribution in [0.3, 0.4) is 0 Å². The smallest absolute Gasteiger partial charge is 0.463 e. The van der Waals surface area contributed by atoms with Crippen LogP contribution < -0.4 is 0 Å². The second kappa shape index (κ2) is 73.2. The minimum atomic E-state index is -4.94. The van der Waals surface area contributed by atoms with E-state index in [0.29, 0.717) is 19.3 Å². The molecule has 0 aromatic rings. The summed E-state index contributed by atoms with van der Waals surface area (Å²) in [7, 11) is -9.80. The molecule has 0 saturated carbocycles. The fraction of sp³-hybridized carbons (Fsp3) is 0.667. The Kier molecular flexibility index (Phi) is 69.8. The molecule has 0 rings (SSSR count). The lowest BCUT2D eigenvalue weighted by molar-refractivity contribution is -0.161. The second-order valence-corrected chi connectivity index (χ2v) is 27.9. The molecule has 0 aliphatic carbocycles. The lowest BCUT2D eigenvalue weighted by Crippen LogP contribution is -2.30. The maximum Gasteiger partial charge on any atom is 0.472 e. The summed E-state index contributed by atoms with van der Waals surface area (Å²) in [4.78, 5) is 58.6. The molecule has 0 aliphatic rings. The van der Waals surface area contributed by atoms with Gasteiger partial charge in [0.25, 0.3) is 0 Å². The summed E-state index contributed by atoms with van der Waals surface area (Å²) >= 11 is 0. The minimum absolute atomic E-state index is 0.0819. The van der Waals surface area contributed by atoms with Crippen molar-refractivity contribution >= 4 is 33.6 Å². The highest BCUT2D eigenvalue weighted by atomic mass is 31.2. The van der Waals surface area contributed by atoms with Crippen molar-refractivity contribution in [1.82, 2.24) is 0 Å². The molecule has 0 radical (unpaired) electrons. The monoisotopic (exact) mass is 1430 g/mol. The van der Waals surface area contributed by atoms with E-state index in [2.05, 4.69) is 167 Å². The summed E-state index contributed by atoms with van der Waals surface area (Å²) in [5.41, 5.74) is 0. The minimum Gasteiger partial charge on any atom is -0.463 e. The zero-order chi connectivity index (χ0) is 72.3. The van der Waals surface area contributed by atoms with Crippen molar-refractivity contribution in [2.45, 2.75) is 309 Å². The molecule has 99 heavy (non-hydrogen) atoms. The van der Waals surface area contributed by atoms with Crippen LogP contribution in [0.1, 0.15) is 290 Å². The number of aliphatic hydroxyl groups is 2. The van der Waals surface area contributed by atoms with Crippen molar-refractivity contribution in [3.63, 3.8) is 0 Å². The predicted molar refractivity (Wildman–Crippen MR) is 408 cm³/mol. The molecule has 0 heterocycles. The summed E-state index contributed by atoms with van der Waals surface area (Å²) in [5.74, 6) is -1.61. The highest BCUT2D eigenvalue weighted by Crippen LogP contribution is 2.45. The molecule has 0 spiro atoms. The van der Waals surface area contributed by atoms with E-state index in [1.807, 2.05) is 0 Å². The molecule has 0 bridgehead atoms. The summed E-state index contributed by atoms with van der Waals surface area (Å²) in [6.45, 7) is 2.35. The van der Waals surface area contributed by atoms with Crippen LogP contribution >= 0.6 is 15.6 Å². The Morgan fingerprint density at radius 2 is 0.535 bits per heavy atom. The van der Waals surface area contributed by atoms with E-state index >= 15 is 0 Å². The van der Waals surface area contributed by atoms with Crippen LogP contribution in [0, 0.1) is 0 Å². The maximum atomic E-state index is 12.9. The standard InChI is InChI=1S/C81H136O16P2/c1-4-7-10-13-16-19-22-25-27-29-31-33-35-36-37-38-40-42-43-45-47-50-52-55-58-61-64-67-79(84)91-70-76(82)71-93-98(87,88)94-72-77(83)73-95-99(89,90)96-75-78(97-81(86)69-66-63-60-57-54-49-24-21-18-15-12-9-6-3)74-92-80(85)68-65-62-59-56-53-51-48-46-44-41-39-34-32-30-28-26-23-20-17-14-11-8-5-2/h7-8,10-12,15-17,19-21,24-28,31-34,36-37,41,44,76-78,82-83H,4-6,9,13-14,18,22-23,29-30,35,38-40,42-43,45-75H2,1-3H3,(H,87,88)(H,89,90)/b10-7-,11-8-,15-12-,19-16-,20-17-,24-21-,27-25-,28-26-,33-31-,34-32-,37-36-,44-41-. The summed E-state index contributed by atoms with van der Waals surface area (Å²) in [6.07, 6.45) is 89.0. The number of rotatable bonds is 71. The lowest BCUT2D eigenvalue weighted by Gasteiger charge is -2.21. The second-order valence-electron chi connectivity index (χ2n) is 25.0. The first-order valence-corrected chi connectivity index (χ1v) is 41.1. The van der Waals surface area contributed by atoms with Gasteiger partial charge in [-0.25, -0.2) is 9.13 Å². The van der Waals surface area contributed by atoms with Gasteiger partial charge >= 0.3 is 33.6 Å². The SMILES string of the molecule is CC/C=C\C/C=C\C/C=C\C/C=C\C/C=C\CCCCCCCCCCCCCC(=O)OCC(O)COP(=O)(O)OCC(O)COP(=O)(O)OCC(COC(=O)CCCCCCCCC/C=C\C/C=C\C/C=C\C/C=C\C/C=C\CC)OC(=O)CCCCCCC/C=C\C/C=C\CCC. The molecule has 0 aliphatic heterocycles. The van der Waals surface area contributed by atoms with E-state index < -0.39 is 91.5 Å². The highest BCUT2D eigenvalue weighted by Gasteiger charge is 2.29. The summed E-state index contributed by atoms with van der Waals surface area (Å²) in [5, 5.41) is 20.6. The van der Waals surface area contributed by atoms with Crippen molar-refractivity contribution in [3.05, 3.63) is 146 Å². The molecule has 0 fully saturated rings. The number of aliphatic hydroxyl groups excluding tert-OH is 2. The van der Waals surface area contributed by atoms with Crippen molar-refractivity contribution in [3.8, 4) is 0 Å². The third kappa shape index (κ3) is 74.4. The number of phosphoric acid groups is 2. The third-order valence-electron chi connectivity index (χ3n) is 15.5. The Morgan fingerprint density at radius 3 is 0.848 bits per heavy atom. The van der Waals surface area contributed by atoms with Crippen LogP contribution in [0.15, 0.2) is 146 Å². The van der Waals surface area contributed by atoms with Gasteiger partial charge in [-0.05, 0) is 135 Å². The first-order valence-electron chi connectivity index (χ1n) is 38.1. The summed E-state index contributed by atoms with van der Waals surface area (Å²) < 4.78 is 61.0. The Hall–Kier alpha value is -4.57. The van der Waals surface area contributed by atoms with Gasteiger partial charge in [-0.3, -0.25) is 32.5 Å². The quantitative estimate of drug-likeness (QED) is 0.0146. The van der Waals surface area contributed by atoms with Gasteiger partial charge in [0.1, 0.15) is 25.4 Å². The van der Waals surface area contributed by atoms with Crippen molar-refractivity contribution in [1.29, 1.82) is 0 Å². The van der Waals surface area contributed by atoms with Gasteiger partial charge in [-0.2, -0.15) is 0 Å². The first-order chi connectivity index (χ1) is 48.2. The lowest BCUT2D eigenvalue weighted by atomic mass is 10.0. The van der Waals surface area contributed by atoms with E-state index in [4.69, 9.17) is 32.3 Å². The van der Waals surface area contributed by atoms with Crippen molar-refractivity contribution in [2.24, 2.45) is 0 Å². The number of phosphoric ester groups is 2. The van der Waals surface area contributed by atoms with Crippen LogP contribution in [-0.4, -0.2) is 95.9 Å². The van der Waals surface area contributed by atoms with Crippen LogP contribution in [0.2, 0.25) is 0 Å². The van der Waals surface area contributed by atoms with E-state index in [1.54, 1.807) is 0 Å². The van der Waals surface area contributed by atoms with Crippen molar-refractivity contribution in [2.75, 3.05) is 39.6 Å². The molecule has 0 saturated heterocycles. The van der Waals surface area contributed by atoms with E-state index in [9.17, 15) is 43.5 Å². The maximum absolute atomic E-state index is 12.9. The average Bonchev–Trinajstić information content (AvgIpc) is 1.04. The normalized spacial score (nSPS) is 14.9. The molecule has 566 valence electrons. The van der Waals surface area contributed by atoms with Gasteiger partial charge in [-0.1, -0.05) is 282 Å². The number of hydrogen-bond acceptors (Lipinski definition) is 14. The molecule has 0 aromatic carbocycles. The zero-order valence-corrected chi connectivity index (χ0v) is 63.4. The van der Waals surface area contributed by atoms with Crippen LogP contribution in [-0.2, 0) is 55.8 Å². The molecule has 0 amide bonds. The molecular formula is C81H136O16P2. The Morgan fingerprint density at radius 1 is 0.293 bits per heavy atom. The van der Waals surface area contributed by atoms with Gasteiger partial charge < -0.3 is 34.2 Å². The van der Waals surface area contributed by atoms with Crippen LogP contribution in [0.4, 0.5) is 0 Å². The number of esters is 3. The van der Waals surface area contributed by atoms with Gasteiger partial charge in [0, 0.05) is 19.3 Å². The Bertz CT molecular complexity index is 2380. The molecule has 18 heteroatoms. The van der Waals surface area contributed by atoms with E-state index in [1.165, 1.54) is 44.9 Å². The van der Waals surface area contributed by atoms with Crippen LogP contribution in [0.5, 0.6) is 0 Å². The fourth-order valence-corrected chi connectivity index (χ4v) is 11.4.